The fraction of sp³-hybridized carbons (Fsp3) is 0.417. The van der Waals surface area contributed by atoms with Gasteiger partial charge in [-0.2, -0.15) is 0 Å². The van der Waals surface area contributed by atoms with Gasteiger partial charge in [-0.15, -0.1) is 0 Å². The van der Waals surface area contributed by atoms with E-state index in [1.807, 2.05) is 42.2 Å². The second kappa shape index (κ2) is 9.59. The van der Waals surface area contributed by atoms with Gasteiger partial charge in [-0.05, 0) is 60.6 Å². The van der Waals surface area contributed by atoms with E-state index in [4.69, 9.17) is 9.47 Å². The molecular formula is C24H29NO4. The lowest BCUT2D eigenvalue weighted by Gasteiger charge is -2.15. The Bertz CT molecular complexity index is 852. The van der Waals surface area contributed by atoms with Gasteiger partial charge in [0, 0.05) is 18.7 Å². The van der Waals surface area contributed by atoms with Crippen molar-refractivity contribution in [3.05, 3.63) is 64.7 Å². The van der Waals surface area contributed by atoms with Crippen LogP contribution in [0.5, 0.6) is 5.75 Å². The number of rotatable bonds is 7. The summed E-state index contributed by atoms with van der Waals surface area (Å²) in [4.78, 5) is 26.3. The lowest BCUT2D eigenvalue weighted by molar-refractivity contribution is -0.147. The first kappa shape index (κ1) is 20.9. The molecule has 1 fully saturated rings. The highest BCUT2D eigenvalue weighted by atomic mass is 16.6. The van der Waals surface area contributed by atoms with Crippen LogP contribution in [0.1, 0.15) is 59.7 Å². The standard InChI is InChI=1S/C24H29NO4/c1-17(2)21-11-6-18(3)14-22(21)28-16-23(26)29-15-19-7-9-20(10-8-19)24(27)25-12-4-5-13-25/h6-11,14,17H,4-5,12-13,15-16H2,1-3H3. The number of carbonyl (C=O) groups is 2. The van der Waals surface area contributed by atoms with Crippen molar-refractivity contribution >= 4 is 11.9 Å². The molecule has 29 heavy (non-hydrogen) atoms. The second-order valence-corrected chi connectivity index (χ2v) is 7.84. The van der Waals surface area contributed by atoms with Gasteiger partial charge in [-0.25, -0.2) is 4.79 Å². The van der Waals surface area contributed by atoms with E-state index in [1.54, 1.807) is 12.1 Å². The zero-order chi connectivity index (χ0) is 20.8. The maximum Gasteiger partial charge on any atom is 0.344 e. The molecule has 0 bridgehead atoms. The van der Waals surface area contributed by atoms with Crippen molar-refractivity contribution in [1.82, 2.24) is 4.90 Å². The number of ether oxygens (including phenoxy) is 2. The molecule has 1 saturated heterocycles. The van der Waals surface area contributed by atoms with Gasteiger partial charge in [0.2, 0.25) is 0 Å². The molecule has 1 aliphatic rings. The molecule has 3 rings (SSSR count). The van der Waals surface area contributed by atoms with Crippen molar-refractivity contribution in [3.63, 3.8) is 0 Å². The molecule has 1 heterocycles. The number of nitrogens with zero attached hydrogens (tertiary/aromatic N) is 1. The van der Waals surface area contributed by atoms with Crippen LogP contribution in [0.4, 0.5) is 0 Å². The van der Waals surface area contributed by atoms with E-state index in [0.29, 0.717) is 11.5 Å². The Morgan fingerprint density at radius 1 is 1.03 bits per heavy atom. The fourth-order valence-electron chi connectivity index (χ4n) is 3.43. The van der Waals surface area contributed by atoms with E-state index < -0.39 is 5.97 Å². The molecule has 2 aromatic carbocycles. The number of hydrogen-bond donors (Lipinski definition) is 0. The molecule has 2 aromatic rings. The van der Waals surface area contributed by atoms with E-state index in [2.05, 4.69) is 13.8 Å². The molecule has 154 valence electrons. The van der Waals surface area contributed by atoms with Crippen LogP contribution in [0.15, 0.2) is 42.5 Å². The van der Waals surface area contributed by atoms with Crippen molar-refractivity contribution < 1.29 is 19.1 Å². The smallest absolute Gasteiger partial charge is 0.344 e. The SMILES string of the molecule is Cc1ccc(C(C)C)c(OCC(=O)OCc2ccc(C(=O)N3CCCC3)cc2)c1. The molecule has 0 atom stereocenters. The minimum absolute atomic E-state index is 0.0681. The number of likely N-dealkylation sites (tertiary alicyclic amines) is 1. The summed E-state index contributed by atoms with van der Waals surface area (Å²) in [5.74, 6) is 0.683. The van der Waals surface area contributed by atoms with Crippen LogP contribution in [-0.4, -0.2) is 36.5 Å². The summed E-state index contributed by atoms with van der Waals surface area (Å²) >= 11 is 0. The molecule has 0 aliphatic carbocycles. The van der Waals surface area contributed by atoms with Gasteiger partial charge in [-0.1, -0.05) is 38.1 Å². The normalized spacial score (nSPS) is 13.6. The molecule has 0 aromatic heterocycles. The molecular weight excluding hydrogens is 366 g/mol. The molecule has 0 saturated carbocycles. The van der Waals surface area contributed by atoms with Crippen LogP contribution in [0.3, 0.4) is 0 Å². The van der Waals surface area contributed by atoms with E-state index in [-0.39, 0.29) is 19.1 Å². The Morgan fingerprint density at radius 2 is 1.72 bits per heavy atom. The van der Waals surface area contributed by atoms with Crippen LogP contribution in [0.2, 0.25) is 0 Å². The third-order valence-electron chi connectivity index (χ3n) is 5.13. The Labute approximate surface area is 172 Å². The number of amides is 1. The lowest BCUT2D eigenvalue weighted by Crippen LogP contribution is -2.27. The van der Waals surface area contributed by atoms with E-state index in [1.165, 1.54) is 0 Å². The summed E-state index contributed by atoms with van der Waals surface area (Å²) in [6.07, 6.45) is 2.14. The number of aryl methyl sites for hydroxylation is 1. The third kappa shape index (κ3) is 5.59. The van der Waals surface area contributed by atoms with Crippen molar-refractivity contribution in [3.8, 4) is 5.75 Å². The fourth-order valence-corrected chi connectivity index (χ4v) is 3.43. The molecule has 0 unspecified atom stereocenters. The van der Waals surface area contributed by atoms with Gasteiger partial charge >= 0.3 is 5.97 Å². The number of esters is 1. The summed E-state index contributed by atoms with van der Waals surface area (Å²) in [7, 11) is 0. The highest BCUT2D eigenvalue weighted by Crippen LogP contribution is 2.27. The summed E-state index contributed by atoms with van der Waals surface area (Å²) in [6, 6.07) is 13.3. The van der Waals surface area contributed by atoms with Gasteiger partial charge in [0.15, 0.2) is 6.61 Å². The Balaban J connectivity index is 1.49. The molecule has 5 heteroatoms. The zero-order valence-electron chi connectivity index (χ0n) is 17.4. The highest BCUT2D eigenvalue weighted by Gasteiger charge is 2.19. The monoisotopic (exact) mass is 395 g/mol. The summed E-state index contributed by atoms with van der Waals surface area (Å²) in [5, 5.41) is 0. The number of hydrogen-bond acceptors (Lipinski definition) is 4. The second-order valence-electron chi connectivity index (χ2n) is 7.84. The number of carbonyl (C=O) groups excluding carboxylic acids is 2. The summed E-state index contributed by atoms with van der Waals surface area (Å²) < 4.78 is 11.0. The Kier molecular flexibility index (Phi) is 6.91. The van der Waals surface area contributed by atoms with Gasteiger partial charge in [0.25, 0.3) is 5.91 Å². The average molecular weight is 395 g/mol. The van der Waals surface area contributed by atoms with Gasteiger partial charge in [0.05, 0.1) is 0 Å². The van der Waals surface area contributed by atoms with E-state index in [0.717, 1.165) is 48.4 Å². The van der Waals surface area contributed by atoms with Crippen LogP contribution < -0.4 is 4.74 Å². The average Bonchev–Trinajstić information content (AvgIpc) is 3.25. The first-order chi connectivity index (χ1) is 13.9. The van der Waals surface area contributed by atoms with Crippen LogP contribution >= 0.6 is 0 Å². The zero-order valence-corrected chi connectivity index (χ0v) is 17.4. The topological polar surface area (TPSA) is 55.8 Å². The largest absolute Gasteiger partial charge is 0.482 e. The highest BCUT2D eigenvalue weighted by molar-refractivity contribution is 5.94. The molecule has 1 amide bonds. The van der Waals surface area contributed by atoms with Crippen LogP contribution in [0.25, 0.3) is 0 Å². The van der Waals surface area contributed by atoms with E-state index in [9.17, 15) is 9.59 Å². The number of benzene rings is 2. The molecule has 1 aliphatic heterocycles. The predicted octanol–water partition coefficient (Wildman–Crippen LogP) is 4.48. The van der Waals surface area contributed by atoms with Gasteiger partial charge in [0.1, 0.15) is 12.4 Å². The first-order valence-corrected chi connectivity index (χ1v) is 10.2. The maximum absolute atomic E-state index is 12.4. The molecule has 0 radical (unpaired) electrons. The Morgan fingerprint density at radius 3 is 2.38 bits per heavy atom. The quantitative estimate of drug-likeness (QED) is 0.649. The summed E-state index contributed by atoms with van der Waals surface area (Å²) in [6.45, 7) is 7.87. The van der Waals surface area contributed by atoms with Gasteiger partial charge in [-0.3, -0.25) is 4.79 Å². The van der Waals surface area contributed by atoms with Crippen molar-refractivity contribution in [1.29, 1.82) is 0 Å². The van der Waals surface area contributed by atoms with Crippen LogP contribution in [-0.2, 0) is 16.1 Å². The van der Waals surface area contributed by atoms with Gasteiger partial charge < -0.3 is 14.4 Å². The Hall–Kier alpha value is -2.82. The van der Waals surface area contributed by atoms with E-state index >= 15 is 0 Å². The van der Waals surface area contributed by atoms with Crippen molar-refractivity contribution in [2.75, 3.05) is 19.7 Å². The predicted molar refractivity (Wildman–Crippen MR) is 112 cm³/mol. The van der Waals surface area contributed by atoms with Crippen molar-refractivity contribution in [2.45, 2.75) is 46.1 Å². The minimum Gasteiger partial charge on any atom is -0.482 e. The first-order valence-electron chi connectivity index (χ1n) is 10.2. The maximum atomic E-state index is 12.4. The van der Waals surface area contributed by atoms with Crippen molar-refractivity contribution in [2.24, 2.45) is 0 Å². The summed E-state index contributed by atoms with van der Waals surface area (Å²) in [5.41, 5.74) is 3.67. The minimum atomic E-state index is -0.418. The molecule has 5 nitrogen and oxygen atoms in total. The van der Waals surface area contributed by atoms with Crippen LogP contribution in [0, 0.1) is 6.92 Å². The molecule has 0 N–H and O–H groups in total. The molecule has 0 spiro atoms. The third-order valence-corrected chi connectivity index (χ3v) is 5.13. The lowest BCUT2D eigenvalue weighted by atomic mass is 10.0.